The zero-order valence-electron chi connectivity index (χ0n) is 20.1. The van der Waals surface area contributed by atoms with Crippen molar-refractivity contribution in [1.29, 1.82) is 0 Å². The lowest BCUT2D eigenvalue weighted by molar-refractivity contribution is 0.0984. The minimum Gasteiger partial charge on any atom is -0.494 e. The average Bonchev–Trinajstić information content (AvgIpc) is 3.19. The van der Waals surface area contributed by atoms with Gasteiger partial charge in [0.05, 0.1) is 17.2 Å². The number of ether oxygens (including phenoxy) is 1. The van der Waals surface area contributed by atoms with Gasteiger partial charge in [0.1, 0.15) is 5.75 Å². The van der Waals surface area contributed by atoms with Gasteiger partial charge in [-0.3, -0.25) is 4.79 Å². The van der Waals surface area contributed by atoms with Crippen LogP contribution in [-0.2, 0) is 22.2 Å². The zero-order valence-corrected chi connectivity index (χ0v) is 21.8. The van der Waals surface area contributed by atoms with Crippen molar-refractivity contribution in [3.05, 3.63) is 99.4 Å². The normalized spacial score (nSPS) is 11.5. The third kappa shape index (κ3) is 6.10. The lowest BCUT2D eigenvalue weighted by Crippen LogP contribution is -2.31. The van der Waals surface area contributed by atoms with E-state index in [-0.39, 0.29) is 5.75 Å². The fourth-order valence-corrected chi connectivity index (χ4v) is 6.37. The molecule has 4 aromatic rings. The molecule has 35 heavy (non-hydrogen) atoms. The summed E-state index contributed by atoms with van der Waals surface area (Å²) >= 11 is 1.32. The smallest absolute Gasteiger partial charge is 0.275 e. The number of hydrogen-bond acceptors (Lipinski definition) is 5. The quantitative estimate of drug-likeness (QED) is 0.278. The number of carbonyl (C=O) groups excluding carboxylic acids is 1. The topological polar surface area (TPSA) is 72.5 Å². The molecule has 182 valence electrons. The number of hydrogen-bond donors (Lipinski definition) is 1. The third-order valence-electron chi connectivity index (χ3n) is 6.09. The number of carbonyl (C=O) groups is 1. The summed E-state index contributed by atoms with van der Waals surface area (Å²) in [4.78, 5) is 13.5. The summed E-state index contributed by atoms with van der Waals surface area (Å²) in [7, 11) is -3.83. The molecule has 0 bridgehead atoms. The van der Waals surface area contributed by atoms with Gasteiger partial charge in [0.15, 0.2) is 0 Å². The van der Waals surface area contributed by atoms with E-state index in [9.17, 15) is 13.2 Å². The molecule has 0 aliphatic rings. The summed E-state index contributed by atoms with van der Waals surface area (Å²) in [5.74, 6) is 0.0110. The van der Waals surface area contributed by atoms with Crippen molar-refractivity contribution in [2.45, 2.75) is 39.4 Å². The Bertz CT molecular complexity index is 1430. The van der Waals surface area contributed by atoms with Crippen LogP contribution in [0.3, 0.4) is 0 Å². The number of benzene rings is 3. The summed E-state index contributed by atoms with van der Waals surface area (Å²) in [5, 5.41) is 0.977. The number of nitrogens with one attached hydrogen (secondary N) is 1. The Morgan fingerprint density at radius 1 is 0.943 bits per heavy atom. The summed E-state index contributed by atoms with van der Waals surface area (Å²) in [6.07, 6.45) is 1.30. The maximum Gasteiger partial charge on any atom is 0.275 e. The Kier molecular flexibility index (Phi) is 7.57. The number of rotatable bonds is 9. The van der Waals surface area contributed by atoms with E-state index in [1.807, 2.05) is 42.5 Å². The standard InChI is InChI=1S/C28H29NO4S2/c1-19-16-23(17-20(2)21(19)3)33-15-9-13-25-24-12-7-8-14-26(24)34-27(25)28(30)29-35(31,32)18-22-10-5-4-6-11-22/h4-8,10-12,14,16-17H,9,13,15,18H2,1-3H3,(H,29,30). The predicted octanol–water partition coefficient (Wildman–Crippen LogP) is 6.10. The molecule has 0 spiro atoms. The molecule has 1 aromatic heterocycles. The molecule has 0 fully saturated rings. The van der Waals surface area contributed by atoms with E-state index in [1.165, 1.54) is 28.0 Å². The summed E-state index contributed by atoms with van der Waals surface area (Å²) in [5.41, 5.74) is 5.14. The Morgan fingerprint density at radius 2 is 1.60 bits per heavy atom. The van der Waals surface area contributed by atoms with Crippen molar-refractivity contribution in [3.8, 4) is 5.75 Å². The van der Waals surface area contributed by atoms with Crippen molar-refractivity contribution in [2.75, 3.05) is 6.61 Å². The molecule has 1 amide bonds. The van der Waals surface area contributed by atoms with Crippen LogP contribution in [0.25, 0.3) is 10.1 Å². The van der Waals surface area contributed by atoms with Crippen LogP contribution in [0.4, 0.5) is 0 Å². The van der Waals surface area contributed by atoms with Crippen LogP contribution in [0.5, 0.6) is 5.75 Å². The van der Waals surface area contributed by atoms with Crippen LogP contribution in [0.1, 0.15) is 43.9 Å². The lowest BCUT2D eigenvalue weighted by atomic mass is 10.0. The molecule has 0 saturated carbocycles. The van der Waals surface area contributed by atoms with E-state index in [4.69, 9.17) is 4.74 Å². The minimum absolute atomic E-state index is 0.247. The number of fused-ring (bicyclic) bond motifs is 1. The van der Waals surface area contributed by atoms with Gasteiger partial charge in [-0.2, -0.15) is 0 Å². The van der Waals surface area contributed by atoms with Gasteiger partial charge >= 0.3 is 0 Å². The van der Waals surface area contributed by atoms with Crippen LogP contribution in [0.15, 0.2) is 66.7 Å². The first kappa shape index (κ1) is 24.9. The number of aryl methyl sites for hydroxylation is 3. The summed E-state index contributed by atoms with van der Waals surface area (Å²) < 4.78 is 34.5. The van der Waals surface area contributed by atoms with Crippen molar-refractivity contribution in [1.82, 2.24) is 4.72 Å². The Morgan fingerprint density at radius 3 is 2.31 bits per heavy atom. The Labute approximate surface area is 210 Å². The van der Waals surface area contributed by atoms with Gasteiger partial charge < -0.3 is 4.74 Å². The molecule has 7 heteroatoms. The molecular formula is C28H29NO4S2. The highest BCUT2D eigenvalue weighted by Gasteiger charge is 2.22. The first-order valence-electron chi connectivity index (χ1n) is 11.5. The highest BCUT2D eigenvalue weighted by atomic mass is 32.2. The highest BCUT2D eigenvalue weighted by molar-refractivity contribution is 7.89. The van der Waals surface area contributed by atoms with Crippen LogP contribution < -0.4 is 9.46 Å². The molecule has 0 aliphatic heterocycles. The maximum absolute atomic E-state index is 13.1. The van der Waals surface area contributed by atoms with Gasteiger partial charge in [-0.1, -0.05) is 48.5 Å². The predicted molar refractivity (Wildman–Crippen MR) is 143 cm³/mol. The average molecular weight is 508 g/mol. The molecule has 0 radical (unpaired) electrons. The van der Waals surface area contributed by atoms with Crippen LogP contribution in [0.2, 0.25) is 0 Å². The molecular weight excluding hydrogens is 478 g/mol. The molecule has 3 aromatic carbocycles. The number of thiophene rings is 1. The number of sulfonamides is 1. The van der Waals surface area contributed by atoms with Gasteiger partial charge in [0, 0.05) is 4.70 Å². The zero-order chi connectivity index (χ0) is 25.0. The second-order valence-corrected chi connectivity index (χ2v) is 11.5. The van der Waals surface area contributed by atoms with Gasteiger partial charge in [-0.25, -0.2) is 13.1 Å². The van der Waals surface area contributed by atoms with E-state index in [0.29, 0.717) is 29.9 Å². The maximum atomic E-state index is 13.1. The molecule has 0 unspecified atom stereocenters. The minimum atomic E-state index is -3.83. The van der Waals surface area contributed by atoms with Gasteiger partial charge in [0.2, 0.25) is 10.0 Å². The van der Waals surface area contributed by atoms with E-state index in [2.05, 4.69) is 25.5 Å². The highest BCUT2D eigenvalue weighted by Crippen LogP contribution is 2.32. The fourth-order valence-electron chi connectivity index (χ4n) is 4.07. The van der Waals surface area contributed by atoms with Crippen LogP contribution in [0, 0.1) is 20.8 Å². The molecule has 0 atom stereocenters. The second-order valence-electron chi connectivity index (χ2n) is 8.72. The lowest BCUT2D eigenvalue weighted by Gasteiger charge is -2.11. The SMILES string of the molecule is Cc1cc(OCCCc2c(C(=O)NS(=O)(=O)Cc3ccccc3)sc3ccccc23)cc(C)c1C. The summed E-state index contributed by atoms with van der Waals surface area (Å²) in [6.45, 7) is 6.75. The number of amides is 1. The monoisotopic (exact) mass is 507 g/mol. The third-order valence-corrected chi connectivity index (χ3v) is 8.51. The van der Waals surface area contributed by atoms with E-state index in [1.54, 1.807) is 24.3 Å². The van der Waals surface area contributed by atoms with Crippen molar-refractivity contribution in [2.24, 2.45) is 0 Å². The van der Waals surface area contributed by atoms with Gasteiger partial charge in [0.25, 0.3) is 5.91 Å². The van der Waals surface area contributed by atoms with Crippen molar-refractivity contribution in [3.63, 3.8) is 0 Å². The molecule has 5 nitrogen and oxygen atoms in total. The Hall–Kier alpha value is -3.16. The van der Waals surface area contributed by atoms with Gasteiger partial charge in [-0.15, -0.1) is 11.3 Å². The largest absolute Gasteiger partial charge is 0.494 e. The molecule has 1 heterocycles. The van der Waals surface area contributed by atoms with Crippen molar-refractivity contribution < 1.29 is 17.9 Å². The Balaban J connectivity index is 1.48. The molecule has 1 N–H and O–H groups in total. The van der Waals surface area contributed by atoms with E-state index >= 15 is 0 Å². The van der Waals surface area contributed by atoms with E-state index < -0.39 is 15.9 Å². The first-order valence-corrected chi connectivity index (χ1v) is 14.0. The van der Waals surface area contributed by atoms with Gasteiger partial charge in [-0.05, 0) is 85.0 Å². The van der Waals surface area contributed by atoms with E-state index in [0.717, 1.165) is 21.4 Å². The molecule has 0 aliphatic carbocycles. The second kappa shape index (κ2) is 10.6. The first-order chi connectivity index (χ1) is 16.7. The van der Waals surface area contributed by atoms with Crippen LogP contribution >= 0.6 is 11.3 Å². The molecule has 4 rings (SSSR count). The molecule has 0 saturated heterocycles. The van der Waals surface area contributed by atoms with Crippen molar-refractivity contribution >= 4 is 37.4 Å². The fraction of sp³-hybridized carbons (Fsp3) is 0.250. The van der Waals surface area contributed by atoms with Crippen LogP contribution in [-0.4, -0.2) is 20.9 Å². The summed E-state index contributed by atoms with van der Waals surface area (Å²) in [6, 6.07) is 20.7.